The first-order chi connectivity index (χ1) is 16.1. The number of nitrogens with one attached hydrogen (secondary N) is 2. The largest absolute Gasteiger partial charge is 0.346 e. The van der Waals surface area contributed by atoms with E-state index in [0.29, 0.717) is 15.7 Å². The average molecular weight is 500 g/mol. The molecule has 9 heteroatoms. The third-order valence-electron chi connectivity index (χ3n) is 6.98. The molecule has 1 aliphatic heterocycles. The molecule has 180 valence electrons. The van der Waals surface area contributed by atoms with Crippen molar-refractivity contribution in [2.24, 2.45) is 7.05 Å². The summed E-state index contributed by atoms with van der Waals surface area (Å²) >= 11 is 7.59. The predicted octanol–water partition coefficient (Wildman–Crippen LogP) is 4.48. The SMILES string of the molecule is Cn1c(C(=O)N[C@@H]2CCC[C@H]2NC(=O)c2nc3c(s2)CN(C(C)(C)C)C3)cc2cc(Cl)ccc21. The van der Waals surface area contributed by atoms with E-state index >= 15 is 0 Å². The fourth-order valence-corrected chi connectivity index (χ4v) is 6.10. The van der Waals surface area contributed by atoms with Gasteiger partial charge in [0.05, 0.1) is 5.69 Å². The molecule has 1 aliphatic carbocycles. The standard InChI is InChI=1S/C25H30ClN5O2S/c1-25(2,3)31-12-18-21(13-31)34-24(29-18)23(33)28-17-7-5-6-16(17)27-22(32)20-11-14-10-15(26)8-9-19(14)30(20)4/h8-11,16-17H,5-7,12-13H2,1-4H3,(H,27,32)(H,28,33)/t16-,17-/m1/s1. The van der Waals surface area contributed by atoms with Crippen molar-refractivity contribution in [3.8, 4) is 0 Å². The quantitative estimate of drug-likeness (QED) is 0.554. The van der Waals surface area contributed by atoms with Crippen molar-refractivity contribution in [3.05, 3.63) is 50.6 Å². The van der Waals surface area contributed by atoms with Gasteiger partial charge in [-0.15, -0.1) is 11.3 Å². The topological polar surface area (TPSA) is 79.3 Å². The normalized spacial score (nSPS) is 20.6. The van der Waals surface area contributed by atoms with Crippen molar-refractivity contribution in [1.82, 2.24) is 25.1 Å². The van der Waals surface area contributed by atoms with Crippen molar-refractivity contribution in [2.75, 3.05) is 0 Å². The number of aromatic nitrogens is 2. The molecule has 1 aromatic carbocycles. The van der Waals surface area contributed by atoms with Gasteiger partial charge in [-0.2, -0.15) is 0 Å². The number of amides is 2. The molecule has 2 atom stereocenters. The molecule has 0 radical (unpaired) electrons. The van der Waals surface area contributed by atoms with Crippen LogP contribution in [0.1, 0.15) is 70.9 Å². The summed E-state index contributed by atoms with van der Waals surface area (Å²) in [6, 6.07) is 7.24. The fraction of sp³-hybridized carbons (Fsp3) is 0.480. The molecule has 34 heavy (non-hydrogen) atoms. The maximum Gasteiger partial charge on any atom is 0.280 e. The number of hydrogen-bond donors (Lipinski definition) is 2. The van der Waals surface area contributed by atoms with Gasteiger partial charge in [-0.05, 0) is 64.3 Å². The molecular formula is C25H30ClN5O2S. The van der Waals surface area contributed by atoms with Gasteiger partial charge in [0.15, 0.2) is 5.01 Å². The van der Waals surface area contributed by atoms with Gasteiger partial charge < -0.3 is 15.2 Å². The van der Waals surface area contributed by atoms with E-state index in [2.05, 4.69) is 41.3 Å². The zero-order valence-electron chi connectivity index (χ0n) is 19.9. The van der Waals surface area contributed by atoms with Crippen LogP contribution in [0.15, 0.2) is 24.3 Å². The fourth-order valence-electron chi connectivity index (χ4n) is 4.93. The van der Waals surface area contributed by atoms with Gasteiger partial charge in [0.1, 0.15) is 5.69 Å². The lowest BCUT2D eigenvalue weighted by Gasteiger charge is -2.31. The minimum absolute atomic E-state index is 0.0780. The van der Waals surface area contributed by atoms with E-state index in [-0.39, 0.29) is 29.4 Å². The number of aryl methyl sites for hydroxylation is 1. The Morgan fingerprint density at radius 2 is 1.79 bits per heavy atom. The van der Waals surface area contributed by atoms with E-state index in [0.717, 1.165) is 48.9 Å². The van der Waals surface area contributed by atoms with Crippen LogP contribution in [0.4, 0.5) is 0 Å². The highest BCUT2D eigenvalue weighted by Gasteiger charge is 2.34. The summed E-state index contributed by atoms with van der Waals surface area (Å²) in [5, 5.41) is 8.37. The number of carbonyl (C=O) groups is 2. The number of halogens is 1. The summed E-state index contributed by atoms with van der Waals surface area (Å²) in [4.78, 5) is 34.3. The lowest BCUT2D eigenvalue weighted by Crippen LogP contribution is -2.48. The van der Waals surface area contributed by atoms with Gasteiger partial charge in [0.25, 0.3) is 11.8 Å². The summed E-state index contributed by atoms with van der Waals surface area (Å²) < 4.78 is 1.88. The summed E-state index contributed by atoms with van der Waals surface area (Å²) in [5.41, 5.74) is 2.62. The monoisotopic (exact) mass is 499 g/mol. The first kappa shape index (κ1) is 23.3. The molecule has 3 aromatic rings. The molecule has 0 spiro atoms. The molecule has 1 fully saturated rings. The third kappa shape index (κ3) is 4.34. The highest BCUT2D eigenvalue weighted by atomic mass is 35.5. The Bertz CT molecular complexity index is 1250. The van der Waals surface area contributed by atoms with E-state index < -0.39 is 0 Å². The molecule has 0 unspecified atom stereocenters. The van der Waals surface area contributed by atoms with E-state index in [9.17, 15) is 9.59 Å². The van der Waals surface area contributed by atoms with Crippen molar-refractivity contribution >= 4 is 45.7 Å². The van der Waals surface area contributed by atoms with Crippen LogP contribution in [0.5, 0.6) is 0 Å². The van der Waals surface area contributed by atoms with Gasteiger partial charge in [0.2, 0.25) is 0 Å². The van der Waals surface area contributed by atoms with Crippen molar-refractivity contribution < 1.29 is 9.59 Å². The third-order valence-corrected chi connectivity index (χ3v) is 8.30. The van der Waals surface area contributed by atoms with Gasteiger partial charge in [-0.25, -0.2) is 4.98 Å². The average Bonchev–Trinajstić information content (AvgIpc) is 3.51. The zero-order chi connectivity index (χ0) is 24.2. The minimum Gasteiger partial charge on any atom is -0.346 e. The number of fused-ring (bicyclic) bond motifs is 2. The minimum atomic E-state index is -0.146. The predicted molar refractivity (Wildman–Crippen MR) is 135 cm³/mol. The molecule has 3 heterocycles. The lowest BCUT2D eigenvalue weighted by molar-refractivity contribution is 0.0887. The van der Waals surface area contributed by atoms with E-state index in [1.165, 1.54) is 16.2 Å². The van der Waals surface area contributed by atoms with Crippen molar-refractivity contribution in [2.45, 2.75) is 70.7 Å². The Balaban J connectivity index is 1.24. The lowest BCUT2D eigenvalue weighted by atomic mass is 10.1. The number of thiazole rings is 1. The maximum atomic E-state index is 13.1. The molecule has 7 nitrogen and oxygen atoms in total. The van der Waals surface area contributed by atoms with Crippen LogP contribution in [0.2, 0.25) is 5.02 Å². The summed E-state index contributed by atoms with van der Waals surface area (Å²) in [6.07, 6.45) is 2.63. The summed E-state index contributed by atoms with van der Waals surface area (Å²) in [6.45, 7) is 8.19. The molecule has 1 saturated carbocycles. The highest BCUT2D eigenvalue weighted by molar-refractivity contribution is 7.13. The summed E-state index contributed by atoms with van der Waals surface area (Å²) in [5.74, 6) is -0.288. The smallest absolute Gasteiger partial charge is 0.280 e. The van der Waals surface area contributed by atoms with Crippen molar-refractivity contribution in [1.29, 1.82) is 0 Å². The van der Waals surface area contributed by atoms with Gasteiger partial charge in [-0.1, -0.05) is 11.6 Å². The van der Waals surface area contributed by atoms with Crippen LogP contribution in [0, 0.1) is 0 Å². The Hall–Kier alpha value is -2.42. The van der Waals surface area contributed by atoms with Crippen LogP contribution < -0.4 is 10.6 Å². The first-order valence-corrected chi connectivity index (χ1v) is 12.9. The molecule has 2 aliphatic rings. The Morgan fingerprint density at radius 1 is 1.09 bits per heavy atom. The molecule has 5 rings (SSSR count). The number of hydrogen-bond acceptors (Lipinski definition) is 5. The van der Waals surface area contributed by atoms with Crippen LogP contribution in [0.25, 0.3) is 10.9 Å². The Labute approximate surface area is 208 Å². The molecule has 0 bridgehead atoms. The van der Waals surface area contributed by atoms with E-state index in [1.54, 1.807) is 0 Å². The number of benzene rings is 1. The second-order valence-corrected chi connectivity index (χ2v) is 11.8. The number of rotatable bonds is 4. The molecular weight excluding hydrogens is 470 g/mol. The number of nitrogens with zero attached hydrogens (tertiary/aromatic N) is 3. The Kier molecular flexibility index (Phi) is 5.94. The zero-order valence-corrected chi connectivity index (χ0v) is 21.5. The summed E-state index contributed by atoms with van der Waals surface area (Å²) in [7, 11) is 1.88. The molecule has 2 N–H and O–H groups in total. The van der Waals surface area contributed by atoms with Gasteiger partial charge >= 0.3 is 0 Å². The van der Waals surface area contributed by atoms with Crippen molar-refractivity contribution in [3.63, 3.8) is 0 Å². The van der Waals surface area contributed by atoms with E-state index in [4.69, 9.17) is 11.6 Å². The molecule has 2 amide bonds. The Morgan fingerprint density at radius 3 is 2.47 bits per heavy atom. The van der Waals surface area contributed by atoms with E-state index in [1.807, 2.05) is 35.9 Å². The first-order valence-electron chi connectivity index (χ1n) is 11.7. The highest BCUT2D eigenvalue weighted by Crippen LogP contribution is 2.33. The second kappa shape index (κ2) is 8.66. The van der Waals surface area contributed by atoms with Crippen LogP contribution in [-0.2, 0) is 20.1 Å². The van der Waals surface area contributed by atoms with Gasteiger partial charge in [-0.3, -0.25) is 14.5 Å². The number of carbonyl (C=O) groups excluding carboxylic acids is 2. The molecule has 0 saturated heterocycles. The van der Waals surface area contributed by atoms with Gasteiger partial charge in [0, 0.05) is 58.6 Å². The van der Waals surface area contributed by atoms with Crippen LogP contribution in [-0.4, -0.2) is 43.9 Å². The van der Waals surface area contributed by atoms with Crippen LogP contribution >= 0.6 is 22.9 Å². The molecule has 2 aromatic heterocycles. The van der Waals surface area contributed by atoms with Crippen LogP contribution in [0.3, 0.4) is 0 Å². The second-order valence-electron chi connectivity index (χ2n) is 10.3. The maximum absolute atomic E-state index is 13.1.